The van der Waals surface area contributed by atoms with Crippen molar-refractivity contribution in [1.29, 1.82) is 0 Å². The highest BCUT2D eigenvalue weighted by Crippen LogP contribution is 2.45. The third-order valence-corrected chi connectivity index (χ3v) is 5.12. The second kappa shape index (κ2) is 8.80. The summed E-state index contributed by atoms with van der Waals surface area (Å²) < 4.78 is 13.4. The maximum absolute atomic E-state index is 13.4. The van der Waals surface area contributed by atoms with Crippen molar-refractivity contribution in [2.45, 2.75) is 33.1 Å². The van der Waals surface area contributed by atoms with Crippen LogP contribution in [0.3, 0.4) is 0 Å². The van der Waals surface area contributed by atoms with Crippen molar-refractivity contribution in [3.63, 3.8) is 0 Å². The van der Waals surface area contributed by atoms with Gasteiger partial charge in [0.1, 0.15) is 5.82 Å². The van der Waals surface area contributed by atoms with E-state index in [2.05, 4.69) is 52.6 Å². The Hall–Kier alpha value is -2.41. The number of allylic oxidation sites excluding steroid dienone is 3. The molecule has 0 heterocycles. The smallest absolute Gasteiger partial charge is 0.123 e. The van der Waals surface area contributed by atoms with Crippen molar-refractivity contribution >= 4 is 5.57 Å². The van der Waals surface area contributed by atoms with E-state index in [0.717, 1.165) is 28.7 Å². The Morgan fingerprint density at radius 2 is 1.50 bits per heavy atom. The SMILES string of the molecule is C=C(CC)C(C(=C)C(C)C)C(C(=C)c1ccc(F)cc1)c1ccccc1. The number of rotatable bonds is 8. The average molecular weight is 349 g/mol. The lowest BCUT2D eigenvalue weighted by molar-refractivity contribution is 0.559. The number of hydrogen-bond acceptors (Lipinski definition) is 0. The van der Waals surface area contributed by atoms with Crippen LogP contribution in [0, 0.1) is 17.7 Å². The molecule has 0 fully saturated rings. The first-order valence-electron chi connectivity index (χ1n) is 9.22. The first kappa shape index (κ1) is 19.9. The second-order valence-electron chi connectivity index (χ2n) is 7.14. The van der Waals surface area contributed by atoms with E-state index in [1.54, 1.807) is 12.1 Å². The molecule has 0 radical (unpaired) electrons. The summed E-state index contributed by atoms with van der Waals surface area (Å²) in [6.07, 6.45) is 0.885. The minimum absolute atomic E-state index is 0.0315. The summed E-state index contributed by atoms with van der Waals surface area (Å²) in [6, 6.07) is 16.9. The van der Waals surface area contributed by atoms with Gasteiger partial charge in [0.05, 0.1) is 0 Å². The molecule has 1 heteroatoms. The Morgan fingerprint density at radius 3 is 2.00 bits per heavy atom. The van der Waals surface area contributed by atoms with E-state index in [0.29, 0.717) is 5.92 Å². The van der Waals surface area contributed by atoms with Gasteiger partial charge in [-0.05, 0) is 41.2 Å². The van der Waals surface area contributed by atoms with E-state index < -0.39 is 0 Å². The van der Waals surface area contributed by atoms with Crippen LogP contribution in [0.4, 0.5) is 4.39 Å². The first-order chi connectivity index (χ1) is 12.4. The Bertz CT molecular complexity index is 766. The van der Waals surface area contributed by atoms with Gasteiger partial charge in [0.25, 0.3) is 0 Å². The molecule has 0 aromatic heterocycles. The minimum Gasteiger partial charge on any atom is -0.207 e. The molecular weight excluding hydrogens is 319 g/mol. The molecule has 0 aliphatic heterocycles. The Balaban J connectivity index is 2.58. The Kier molecular flexibility index (Phi) is 6.74. The van der Waals surface area contributed by atoms with Crippen LogP contribution in [0.1, 0.15) is 44.2 Å². The van der Waals surface area contributed by atoms with Crippen molar-refractivity contribution in [3.8, 4) is 0 Å². The summed E-state index contributed by atoms with van der Waals surface area (Å²) in [6.45, 7) is 19.6. The average Bonchev–Trinajstić information content (AvgIpc) is 2.65. The fourth-order valence-electron chi connectivity index (χ4n) is 3.39. The fourth-order valence-corrected chi connectivity index (χ4v) is 3.39. The van der Waals surface area contributed by atoms with Gasteiger partial charge in [-0.2, -0.15) is 0 Å². The molecule has 0 spiro atoms. The highest BCUT2D eigenvalue weighted by Gasteiger charge is 2.31. The zero-order chi connectivity index (χ0) is 19.3. The normalized spacial score (nSPS) is 13.3. The van der Waals surface area contributed by atoms with Crippen LogP contribution >= 0.6 is 0 Å². The molecule has 2 aromatic carbocycles. The molecule has 2 rings (SSSR count). The second-order valence-corrected chi connectivity index (χ2v) is 7.14. The summed E-state index contributed by atoms with van der Waals surface area (Å²) in [5.41, 5.74) is 5.42. The zero-order valence-electron chi connectivity index (χ0n) is 16.1. The van der Waals surface area contributed by atoms with Gasteiger partial charge in [0, 0.05) is 11.8 Å². The van der Waals surface area contributed by atoms with Gasteiger partial charge in [-0.25, -0.2) is 4.39 Å². The lowest BCUT2D eigenvalue weighted by atomic mass is 9.70. The maximum Gasteiger partial charge on any atom is 0.123 e. The van der Waals surface area contributed by atoms with Gasteiger partial charge in [0.2, 0.25) is 0 Å². The van der Waals surface area contributed by atoms with E-state index in [9.17, 15) is 4.39 Å². The number of benzene rings is 2. The maximum atomic E-state index is 13.4. The Morgan fingerprint density at radius 1 is 0.923 bits per heavy atom. The van der Waals surface area contributed by atoms with Crippen molar-refractivity contribution in [1.82, 2.24) is 0 Å². The highest BCUT2D eigenvalue weighted by atomic mass is 19.1. The minimum atomic E-state index is -0.237. The topological polar surface area (TPSA) is 0 Å². The zero-order valence-corrected chi connectivity index (χ0v) is 16.1. The summed E-state index contributed by atoms with van der Waals surface area (Å²) in [5.74, 6) is 0.235. The van der Waals surface area contributed by atoms with Gasteiger partial charge < -0.3 is 0 Å². The van der Waals surface area contributed by atoms with Crippen LogP contribution in [-0.4, -0.2) is 0 Å². The van der Waals surface area contributed by atoms with E-state index in [4.69, 9.17) is 0 Å². The predicted octanol–water partition coefficient (Wildman–Crippen LogP) is 7.42. The van der Waals surface area contributed by atoms with E-state index >= 15 is 0 Å². The molecular formula is C25H29F. The highest BCUT2D eigenvalue weighted by molar-refractivity contribution is 5.71. The van der Waals surface area contributed by atoms with Crippen molar-refractivity contribution in [2.75, 3.05) is 0 Å². The summed E-state index contributed by atoms with van der Waals surface area (Å²) in [5, 5.41) is 0. The van der Waals surface area contributed by atoms with Crippen LogP contribution in [0.2, 0.25) is 0 Å². The summed E-state index contributed by atoms with van der Waals surface area (Å²) in [7, 11) is 0. The number of halogens is 1. The molecule has 2 aromatic rings. The predicted molar refractivity (Wildman–Crippen MR) is 112 cm³/mol. The fraction of sp³-hybridized carbons (Fsp3) is 0.280. The van der Waals surface area contributed by atoms with Crippen LogP contribution in [0.15, 0.2) is 85.5 Å². The van der Waals surface area contributed by atoms with Crippen LogP contribution in [0.5, 0.6) is 0 Å². The van der Waals surface area contributed by atoms with Crippen molar-refractivity contribution in [2.24, 2.45) is 11.8 Å². The molecule has 0 N–H and O–H groups in total. The molecule has 0 saturated heterocycles. The molecule has 0 aliphatic carbocycles. The van der Waals surface area contributed by atoms with E-state index in [1.165, 1.54) is 17.7 Å². The van der Waals surface area contributed by atoms with Crippen molar-refractivity contribution < 1.29 is 4.39 Å². The number of hydrogen-bond donors (Lipinski definition) is 0. The quantitative estimate of drug-likeness (QED) is 0.435. The van der Waals surface area contributed by atoms with Gasteiger partial charge in [-0.3, -0.25) is 0 Å². The molecule has 26 heavy (non-hydrogen) atoms. The third-order valence-electron chi connectivity index (χ3n) is 5.12. The Labute approximate surface area is 157 Å². The molecule has 0 bridgehead atoms. The lowest BCUT2D eigenvalue weighted by Crippen LogP contribution is -2.21. The molecule has 0 saturated carbocycles. The standard InChI is InChI=1S/C25H29F/c1-7-18(4)24(19(5)17(2)3)25(22-11-9-8-10-12-22)20(6)21-13-15-23(26)16-14-21/h8-17,24-25H,4-7H2,1-3H3. The molecule has 136 valence electrons. The molecule has 0 amide bonds. The van der Waals surface area contributed by atoms with Crippen molar-refractivity contribution in [3.05, 3.63) is 102 Å². The van der Waals surface area contributed by atoms with E-state index in [1.807, 2.05) is 18.2 Å². The monoisotopic (exact) mass is 348 g/mol. The molecule has 2 atom stereocenters. The van der Waals surface area contributed by atoms with Gasteiger partial charge >= 0.3 is 0 Å². The molecule has 0 nitrogen and oxygen atoms in total. The molecule has 0 aliphatic rings. The molecule has 2 unspecified atom stereocenters. The third kappa shape index (κ3) is 4.40. The summed E-state index contributed by atoms with van der Waals surface area (Å²) in [4.78, 5) is 0. The van der Waals surface area contributed by atoms with Crippen LogP contribution in [-0.2, 0) is 0 Å². The van der Waals surface area contributed by atoms with Crippen LogP contribution < -0.4 is 0 Å². The van der Waals surface area contributed by atoms with Gasteiger partial charge in [-0.1, -0.05) is 94.1 Å². The first-order valence-corrected chi connectivity index (χ1v) is 9.22. The van der Waals surface area contributed by atoms with E-state index in [-0.39, 0.29) is 17.7 Å². The van der Waals surface area contributed by atoms with Crippen LogP contribution in [0.25, 0.3) is 5.57 Å². The van der Waals surface area contributed by atoms with Gasteiger partial charge in [0.15, 0.2) is 0 Å². The lowest BCUT2D eigenvalue weighted by Gasteiger charge is -2.34. The largest absolute Gasteiger partial charge is 0.207 e. The van der Waals surface area contributed by atoms with Gasteiger partial charge in [-0.15, -0.1) is 0 Å². The summed E-state index contributed by atoms with van der Waals surface area (Å²) >= 11 is 0.